The highest BCUT2D eigenvalue weighted by atomic mass is 32.1. The maximum absolute atomic E-state index is 6.57. The maximum atomic E-state index is 6.57. The third-order valence-electron chi connectivity index (χ3n) is 11.7. The van der Waals surface area contributed by atoms with Gasteiger partial charge in [-0.2, -0.15) is 0 Å². The van der Waals surface area contributed by atoms with E-state index in [1.807, 2.05) is 11.3 Å². The van der Waals surface area contributed by atoms with Gasteiger partial charge in [-0.05, 0) is 89.3 Å². The summed E-state index contributed by atoms with van der Waals surface area (Å²) in [6.45, 7) is -0.0458. The van der Waals surface area contributed by atoms with Gasteiger partial charge in [-0.25, -0.2) is 0 Å². The fraction of sp³-hybridized carbons (Fsp3) is 0. The van der Waals surface area contributed by atoms with Gasteiger partial charge in [-0.1, -0.05) is 97.1 Å². The van der Waals surface area contributed by atoms with Crippen LogP contribution in [0.4, 0.5) is 28.4 Å². The van der Waals surface area contributed by atoms with Crippen molar-refractivity contribution in [3.63, 3.8) is 0 Å². The number of ether oxygens (including phenoxy) is 1. The Bertz CT molecular complexity index is 3190. The average Bonchev–Trinajstić information content (AvgIpc) is 3.78. The van der Waals surface area contributed by atoms with E-state index >= 15 is 0 Å². The molecule has 0 bridgehead atoms. The van der Waals surface area contributed by atoms with E-state index in [2.05, 4.69) is 184 Å². The fourth-order valence-electron chi connectivity index (χ4n) is 9.60. The maximum Gasteiger partial charge on any atom is 0.333 e. The molecule has 5 heterocycles. The molecule has 0 aliphatic carbocycles. The van der Waals surface area contributed by atoms with Crippen molar-refractivity contribution in [2.75, 3.05) is 9.71 Å². The summed E-state index contributed by atoms with van der Waals surface area (Å²) < 4.78 is 11.7. The Morgan fingerprint density at radius 3 is 1.96 bits per heavy atom. The number of aromatic nitrogens is 1. The molecule has 10 aromatic rings. The molecular formula is C48H28BN3OS. The topological polar surface area (TPSA) is 20.6 Å². The normalized spacial score (nSPS) is 13.6. The molecule has 0 spiro atoms. The van der Waals surface area contributed by atoms with Crippen LogP contribution >= 0.6 is 11.3 Å². The minimum Gasteiger partial charge on any atom is -0.453 e. The molecule has 3 aliphatic heterocycles. The first-order valence-corrected chi connectivity index (χ1v) is 19.3. The number of anilines is 5. The second-order valence-corrected chi connectivity index (χ2v) is 15.5. The van der Waals surface area contributed by atoms with Gasteiger partial charge in [-0.15, -0.1) is 11.3 Å². The van der Waals surface area contributed by atoms with Crippen LogP contribution in [0.15, 0.2) is 170 Å². The molecule has 3 aliphatic rings. The molecule has 6 heteroatoms. The van der Waals surface area contributed by atoms with Crippen LogP contribution in [0.1, 0.15) is 0 Å². The molecule has 0 atom stereocenters. The first kappa shape index (κ1) is 28.8. The highest BCUT2D eigenvalue weighted by molar-refractivity contribution is 7.25. The molecule has 0 saturated heterocycles. The van der Waals surface area contributed by atoms with E-state index in [-0.39, 0.29) is 6.85 Å². The Hall–Kier alpha value is -6.76. The molecule has 0 saturated carbocycles. The van der Waals surface area contributed by atoms with Crippen molar-refractivity contribution >= 4 is 99.5 Å². The van der Waals surface area contributed by atoms with Crippen molar-refractivity contribution in [2.45, 2.75) is 0 Å². The van der Waals surface area contributed by atoms with Crippen molar-refractivity contribution in [1.82, 2.24) is 4.57 Å². The van der Waals surface area contributed by atoms with Gasteiger partial charge < -0.3 is 19.0 Å². The van der Waals surface area contributed by atoms with Gasteiger partial charge in [0.15, 0.2) is 11.5 Å². The monoisotopic (exact) mass is 705 g/mol. The van der Waals surface area contributed by atoms with E-state index < -0.39 is 0 Å². The third-order valence-corrected chi connectivity index (χ3v) is 12.8. The van der Waals surface area contributed by atoms with E-state index in [0.717, 1.165) is 28.6 Å². The Labute approximate surface area is 315 Å². The Balaban J connectivity index is 1.26. The summed E-state index contributed by atoms with van der Waals surface area (Å²) in [7, 11) is 0. The third kappa shape index (κ3) is 3.63. The molecule has 0 radical (unpaired) electrons. The van der Waals surface area contributed by atoms with Crippen LogP contribution in [0.2, 0.25) is 0 Å². The van der Waals surface area contributed by atoms with Gasteiger partial charge in [0, 0.05) is 53.6 Å². The molecular weight excluding hydrogens is 677 g/mol. The molecule has 54 heavy (non-hydrogen) atoms. The minimum absolute atomic E-state index is 0.0458. The minimum atomic E-state index is -0.0458. The molecule has 0 unspecified atom stereocenters. The van der Waals surface area contributed by atoms with E-state index in [9.17, 15) is 0 Å². The smallest absolute Gasteiger partial charge is 0.333 e. The second kappa shape index (κ2) is 10.4. The van der Waals surface area contributed by atoms with Gasteiger partial charge in [0.1, 0.15) is 0 Å². The van der Waals surface area contributed by atoms with Crippen molar-refractivity contribution < 1.29 is 4.74 Å². The van der Waals surface area contributed by atoms with Crippen LogP contribution in [0.3, 0.4) is 0 Å². The largest absolute Gasteiger partial charge is 0.453 e. The first-order valence-electron chi connectivity index (χ1n) is 18.5. The lowest BCUT2D eigenvalue weighted by Gasteiger charge is -2.43. The Morgan fingerprint density at radius 1 is 0.481 bits per heavy atom. The van der Waals surface area contributed by atoms with Crippen molar-refractivity contribution in [3.8, 4) is 28.3 Å². The number of fused-ring (bicyclic) bond motifs is 13. The number of hydrogen-bond donors (Lipinski definition) is 0. The highest BCUT2D eigenvalue weighted by Crippen LogP contribution is 2.55. The van der Waals surface area contributed by atoms with Crippen LogP contribution in [-0.2, 0) is 0 Å². The predicted octanol–water partition coefficient (Wildman–Crippen LogP) is 12.0. The lowest BCUT2D eigenvalue weighted by molar-refractivity contribution is 0.477. The quantitative estimate of drug-likeness (QED) is 0.167. The Kier molecular flexibility index (Phi) is 5.56. The number of nitrogens with zero attached hydrogens (tertiary/aromatic N) is 3. The predicted molar refractivity (Wildman–Crippen MR) is 227 cm³/mol. The molecule has 0 amide bonds. The van der Waals surface area contributed by atoms with Crippen LogP contribution in [0, 0.1) is 0 Å². The van der Waals surface area contributed by atoms with Gasteiger partial charge >= 0.3 is 6.85 Å². The van der Waals surface area contributed by atoms with E-state index in [0.29, 0.717) is 0 Å². The van der Waals surface area contributed by atoms with E-state index in [1.165, 1.54) is 81.1 Å². The number of para-hydroxylation sites is 7. The van der Waals surface area contributed by atoms with Gasteiger partial charge in [0.2, 0.25) is 0 Å². The first-order chi connectivity index (χ1) is 26.8. The summed E-state index contributed by atoms with van der Waals surface area (Å²) in [5.41, 5.74) is 14.5. The second-order valence-electron chi connectivity index (χ2n) is 14.4. The van der Waals surface area contributed by atoms with Gasteiger partial charge in [-0.3, -0.25) is 0 Å². The van der Waals surface area contributed by atoms with Crippen LogP contribution in [-0.4, -0.2) is 11.4 Å². The summed E-state index contributed by atoms with van der Waals surface area (Å²) in [4.78, 5) is 5.05. The molecule has 4 nitrogen and oxygen atoms in total. The molecule has 250 valence electrons. The van der Waals surface area contributed by atoms with Crippen LogP contribution < -0.4 is 25.4 Å². The van der Waals surface area contributed by atoms with Crippen molar-refractivity contribution in [3.05, 3.63) is 170 Å². The molecule has 0 N–H and O–H groups in total. The number of thiophene rings is 1. The Morgan fingerprint density at radius 2 is 1.15 bits per heavy atom. The lowest BCUT2D eigenvalue weighted by Crippen LogP contribution is -2.60. The summed E-state index contributed by atoms with van der Waals surface area (Å²) in [6, 6.07) is 62.1. The zero-order chi connectivity index (χ0) is 35.1. The van der Waals surface area contributed by atoms with E-state index in [4.69, 9.17) is 4.74 Å². The highest BCUT2D eigenvalue weighted by Gasteiger charge is 2.45. The van der Waals surface area contributed by atoms with Crippen LogP contribution in [0.5, 0.6) is 11.5 Å². The number of benzene rings is 8. The molecule has 8 aromatic carbocycles. The summed E-state index contributed by atoms with van der Waals surface area (Å²) >= 11 is 1.88. The van der Waals surface area contributed by atoms with Crippen LogP contribution in [0.25, 0.3) is 58.8 Å². The lowest BCUT2D eigenvalue weighted by atomic mass is 9.44. The zero-order valence-electron chi connectivity index (χ0n) is 28.9. The molecule has 0 fully saturated rings. The summed E-state index contributed by atoms with van der Waals surface area (Å²) in [6.07, 6.45) is 0. The summed E-state index contributed by atoms with van der Waals surface area (Å²) in [5.74, 6) is 1.70. The molecule has 2 aromatic heterocycles. The average molecular weight is 706 g/mol. The number of hydrogen-bond acceptors (Lipinski definition) is 4. The standard InChI is InChI=1S/C48H28BN3OS/c1-2-14-29(15-3-1)52-40-28-45-33(30-16-5-13-25-44(30)54-45)26-32(40)34-27-41(50-38-21-9-11-23-42(38)53-43-24-12-10-22-39(43)50)46-31-17-4-7-19-36(31)51-37-20-8-6-18-35(37)49(52)47(34)48(46)51/h1-28H. The van der Waals surface area contributed by atoms with Gasteiger partial charge in [0.05, 0.1) is 28.1 Å². The van der Waals surface area contributed by atoms with Gasteiger partial charge in [0.25, 0.3) is 0 Å². The fourth-order valence-corrected chi connectivity index (χ4v) is 10.7. The summed E-state index contributed by atoms with van der Waals surface area (Å²) in [5, 5.41) is 5.08. The zero-order valence-corrected chi connectivity index (χ0v) is 29.7. The van der Waals surface area contributed by atoms with Crippen molar-refractivity contribution in [1.29, 1.82) is 0 Å². The van der Waals surface area contributed by atoms with Crippen molar-refractivity contribution in [2.24, 2.45) is 0 Å². The molecule has 13 rings (SSSR count). The number of rotatable bonds is 2. The van der Waals surface area contributed by atoms with E-state index in [1.54, 1.807) is 0 Å². The SMILES string of the molecule is c1ccc(N2B3c4ccccc4-n4c5ccccc5c5c(N6c7ccccc7Oc7ccccc76)cc(c3c54)-c3cc4c(cc32)sc2ccccc24)cc1.